The predicted octanol–water partition coefficient (Wildman–Crippen LogP) is 0.418. The Morgan fingerprint density at radius 1 is 1.35 bits per heavy atom. The number of nitrogens with one attached hydrogen (secondary N) is 1. The summed E-state index contributed by atoms with van der Waals surface area (Å²) >= 11 is 0. The highest BCUT2D eigenvalue weighted by Crippen LogP contribution is 2.29. The van der Waals surface area contributed by atoms with Crippen LogP contribution in [0.3, 0.4) is 0 Å². The monoisotopic (exact) mass is 336 g/mol. The Bertz CT molecular complexity index is 859. The zero-order chi connectivity index (χ0) is 16.6. The van der Waals surface area contributed by atoms with Gasteiger partial charge in [-0.05, 0) is 23.8 Å². The molecule has 1 aromatic carbocycles. The van der Waals surface area contributed by atoms with Crippen LogP contribution < -0.4 is 9.62 Å². The number of anilines is 1. The second-order valence-corrected chi connectivity index (χ2v) is 7.05. The highest BCUT2D eigenvalue weighted by Gasteiger charge is 2.26. The number of carbonyl (C=O) groups is 1. The molecule has 0 spiro atoms. The summed E-state index contributed by atoms with van der Waals surface area (Å²) in [4.78, 5) is 13.3. The smallest absolute Gasteiger partial charge is 0.240 e. The topological polar surface area (TPSA) is 105 Å². The molecule has 9 heteroatoms. The molecule has 0 saturated carbocycles. The van der Waals surface area contributed by atoms with Gasteiger partial charge >= 0.3 is 0 Å². The van der Waals surface area contributed by atoms with Crippen molar-refractivity contribution < 1.29 is 17.6 Å². The van der Waals surface area contributed by atoms with Crippen molar-refractivity contribution in [1.82, 2.24) is 14.9 Å². The van der Waals surface area contributed by atoms with E-state index in [1.54, 1.807) is 20.0 Å². The number of aryl methyl sites for hydroxylation is 1. The molecule has 3 rings (SSSR count). The van der Waals surface area contributed by atoms with Crippen LogP contribution >= 0.6 is 0 Å². The summed E-state index contributed by atoms with van der Waals surface area (Å²) in [7, 11) is -1.98. The maximum absolute atomic E-state index is 12.3. The lowest BCUT2D eigenvalue weighted by atomic mass is 10.2. The molecule has 0 radical (unpaired) electrons. The summed E-state index contributed by atoms with van der Waals surface area (Å²) in [5, 5.41) is 7.49. The maximum atomic E-state index is 12.3. The minimum absolute atomic E-state index is 0.0470. The normalized spacial score (nSPS) is 14.3. The van der Waals surface area contributed by atoms with Crippen molar-refractivity contribution in [3.05, 3.63) is 35.5 Å². The van der Waals surface area contributed by atoms with Gasteiger partial charge in [0, 0.05) is 32.6 Å². The van der Waals surface area contributed by atoms with Crippen LogP contribution in [-0.4, -0.2) is 38.1 Å². The van der Waals surface area contributed by atoms with E-state index in [9.17, 15) is 13.2 Å². The van der Waals surface area contributed by atoms with Crippen LogP contribution in [0.25, 0.3) is 0 Å². The number of fused-ring (bicyclic) bond motifs is 1. The highest BCUT2D eigenvalue weighted by molar-refractivity contribution is 7.89. The Hall–Kier alpha value is -2.26. The van der Waals surface area contributed by atoms with E-state index in [1.807, 2.05) is 0 Å². The third kappa shape index (κ3) is 3.10. The van der Waals surface area contributed by atoms with Gasteiger partial charge in [-0.1, -0.05) is 0 Å². The molecule has 2 heterocycles. The number of benzene rings is 1. The fraction of sp³-hybridized carbons (Fsp3) is 0.357. The summed E-state index contributed by atoms with van der Waals surface area (Å²) in [6, 6.07) is 4.68. The molecule has 1 amide bonds. The van der Waals surface area contributed by atoms with Crippen molar-refractivity contribution in [3.63, 3.8) is 0 Å². The van der Waals surface area contributed by atoms with Crippen molar-refractivity contribution in [2.75, 3.05) is 18.5 Å². The van der Waals surface area contributed by atoms with Crippen molar-refractivity contribution in [2.45, 2.75) is 24.7 Å². The molecular weight excluding hydrogens is 320 g/mol. The molecule has 1 aromatic heterocycles. The van der Waals surface area contributed by atoms with Gasteiger partial charge < -0.3 is 9.32 Å². The van der Waals surface area contributed by atoms with Crippen LogP contribution in [0.15, 0.2) is 27.5 Å². The average Bonchev–Trinajstić information content (AvgIpc) is 3.03. The Labute approximate surface area is 133 Å². The lowest BCUT2D eigenvalue weighted by Crippen LogP contribution is -2.26. The Morgan fingerprint density at radius 3 is 2.83 bits per heavy atom. The van der Waals surface area contributed by atoms with E-state index >= 15 is 0 Å². The van der Waals surface area contributed by atoms with Crippen molar-refractivity contribution >= 4 is 21.6 Å². The molecule has 0 saturated heterocycles. The molecule has 0 unspecified atom stereocenters. The Kier molecular flexibility index (Phi) is 3.90. The first-order chi connectivity index (χ1) is 10.9. The fourth-order valence-corrected chi connectivity index (χ4v) is 3.51. The number of carbonyl (C=O) groups excluding carboxylic acids is 1. The van der Waals surface area contributed by atoms with Gasteiger partial charge in [0.2, 0.25) is 27.7 Å². The van der Waals surface area contributed by atoms with Gasteiger partial charge in [0.1, 0.15) is 0 Å². The first-order valence-electron chi connectivity index (χ1n) is 7.05. The highest BCUT2D eigenvalue weighted by atomic mass is 32.2. The molecule has 2 aromatic rings. The number of amides is 1. The molecule has 0 atom stereocenters. The molecule has 23 heavy (non-hydrogen) atoms. The number of hydrogen-bond donors (Lipinski definition) is 1. The van der Waals surface area contributed by atoms with E-state index in [4.69, 9.17) is 4.42 Å². The largest absolute Gasteiger partial charge is 0.426 e. The molecule has 0 fully saturated rings. The first-order valence-corrected chi connectivity index (χ1v) is 8.53. The quantitative estimate of drug-likeness (QED) is 0.848. The van der Waals surface area contributed by atoms with Gasteiger partial charge in [-0.25, -0.2) is 13.1 Å². The summed E-state index contributed by atoms with van der Waals surface area (Å²) in [5.41, 5.74) is 1.46. The zero-order valence-electron chi connectivity index (χ0n) is 12.7. The summed E-state index contributed by atoms with van der Waals surface area (Å²) in [6.45, 7) is 1.82. The van der Waals surface area contributed by atoms with E-state index in [0.717, 1.165) is 5.69 Å². The fourth-order valence-electron chi connectivity index (χ4n) is 2.43. The van der Waals surface area contributed by atoms with Crippen molar-refractivity contribution in [2.24, 2.45) is 0 Å². The second-order valence-electron chi connectivity index (χ2n) is 5.28. The van der Waals surface area contributed by atoms with Gasteiger partial charge in [0.25, 0.3) is 0 Å². The SMILES string of the molecule is Cc1nnc(CCNS(=O)(=O)c2ccc3c(c2)CC(=O)N3C)o1. The third-order valence-electron chi connectivity index (χ3n) is 3.64. The molecular formula is C14H16N4O4S. The van der Waals surface area contributed by atoms with Crippen LogP contribution in [-0.2, 0) is 27.7 Å². The number of likely N-dealkylation sites (N-methyl/N-ethyl adjacent to an activating group) is 1. The van der Waals surface area contributed by atoms with Crippen LogP contribution in [0.5, 0.6) is 0 Å². The van der Waals surface area contributed by atoms with E-state index in [2.05, 4.69) is 14.9 Å². The molecule has 1 aliphatic heterocycles. The van der Waals surface area contributed by atoms with Crippen LogP contribution in [0.1, 0.15) is 17.3 Å². The van der Waals surface area contributed by atoms with Gasteiger partial charge in [-0.2, -0.15) is 0 Å². The minimum Gasteiger partial charge on any atom is -0.426 e. The van der Waals surface area contributed by atoms with Crippen LogP contribution in [0.2, 0.25) is 0 Å². The van der Waals surface area contributed by atoms with Gasteiger partial charge in [0.15, 0.2) is 0 Å². The molecule has 0 bridgehead atoms. The summed E-state index contributed by atoms with van der Waals surface area (Å²) in [5.74, 6) is 0.774. The first kappa shape index (κ1) is 15.6. The number of sulfonamides is 1. The molecule has 0 aliphatic carbocycles. The Balaban J connectivity index is 1.70. The Morgan fingerprint density at radius 2 is 2.13 bits per heavy atom. The minimum atomic E-state index is -3.65. The van der Waals surface area contributed by atoms with Crippen LogP contribution in [0.4, 0.5) is 5.69 Å². The van der Waals surface area contributed by atoms with Crippen molar-refractivity contribution in [1.29, 1.82) is 0 Å². The van der Waals surface area contributed by atoms with Crippen LogP contribution in [0, 0.1) is 6.92 Å². The molecule has 1 aliphatic rings. The van der Waals surface area contributed by atoms with Gasteiger partial charge in [-0.3, -0.25) is 4.79 Å². The van der Waals surface area contributed by atoms with Gasteiger partial charge in [-0.15, -0.1) is 10.2 Å². The standard InChI is InChI=1S/C14H16N4O4S/c1-9-16-17-13(22-9)5-6-15-23(20,21)11-3-4-12-10(7-11)8-14(19)18(12)2/h3-4,7,15H,5-6,8H2,1-2H3. The van der Waals surface area contributed by atoms with E-state index in [1.165, 1.54) is 17.0 Å². The van der Waals surface area contributed by atoms with E-state index in [-0.39, 0.29) is 23.8 Å². The predicted molar refractivity (Wildman–Crippen MR) is 81.5 cm³/mol. The summed E-state index contributed by atoms with van der Waals surface area (Å²) < 4.78 is 32.3. The zero-order valence-corrected chi connectivity index (χ0v) is 13.6. The second kappa shape index (κ2) is 5.74. The number of nitrogens with zero attached hydrogens (tertiary/aromatic N) is 3. The van der Waals surface area contributed by atoms with Crippen molar-refractivity contribution in [3.8, 4) is 0 Å². The third-order valence-corrected chi connectivity index (χ3v) is 5.10. The molecule has 122 valence electrons. The number of aromatic nitrogens is 2. The maximum Gasteiger partial charge on any atom is 0.240 e. The average molecular weight is 336 g/mol. The molecule has 8 nitrogen and oxygen atoms in total. The lowest BCUT2D eigenvalue weighted by Gasteiger charge is -2.11. The lowest BCUT2D eigenvalue weighted by molar-refractivity contribution is -0.117. The van der Waals surface area contributed by atoms with E-state index in [0.29, 0.717) is 23.8 Å². The summed E-state index contributed by atoms with van der Waals surface area (Å²) in [6.07, 6.45) is 0.530. The number of hydrogen-bond acceptors (Lipinski definition) is 6. The molecule has 1 N–H and O–H groups in total. The van der Waals surface area contributed by atoms with E-state index < -0.39 is 10.0 Å². The van der Waals surface area contributed by atoms with Gasteiger partial charge in [0.05, 0.1) is 11.3 Å². The number of rotatable bonds is 5.